The minimum atomic E-state index is -0.363. The van der Waals surface area contributed by atoms with Gasteiger partial charge in [0, 0.05) is 38.8 Å². The summed E-state index contributed by atoms with van der Waals surface area (Å²) in [6.45, 7) is 10.6. The van der Waals surface area contributed by atoms with Crippen molar-refractivity contribution in [3.63, 3.8) is 0 Å². The maximum absolute atomic E-state index is 11.9. The Morgan fingerprint density at radius 2 is 2.04 bits per heavy atom. The van der Waals surface area contributed by atoms with Crippen LogP contribution in [0, 0.1) is 0 Å². The molecule has 3 heterocycles. The summed E-state index contributed by atoms with van der Waals surface area (Å²) in [7, 11) is 0. The van der Waals surface area contributed by atoms with Gasteiger partial charge < -0.3 is 4.90 Å². The molecule has 126 valence electrons. The molecule has 1 fully saturated rings. The molecule has 0 radical (unpaired) electrons. The quantitative estimate of drug-likeness (QED) is 0.807. The number of hydrogen-bond acceptors (Lipinski definition) is 6. The van der Waals surface area contributed by atoms with E-state index in [1.54, 1.807) is 15.9 Å². The highest BCUT2D eigenvalue weighted by Crippen LogP contribution is 2.21. The Bertz CT molecular complexity index is 654. The minimum Gasteiger partial charge on any atom is -0.301 e. The molecule has 0 atom stereocenters. The van der Waals surface area contributed by atoms with E-state index < -0.39 is 0 Å². The zero-order valence-electron chi connectivity index (χ0n) is 13.8. The summed E-state index contributed by atoms with van der Waals surface area (Å²) < 4.78 is 6.50. The van der Waals surface area contributed by atoms with Crippen LogP contribution in [0.3, 0.4) is 0 Å². The lowest BCUT2D eigenvalue weighted by Gasteiger charge is -2.36. The largest absolute Gasteiger partial charge is 0.441 e. The number of hydrogen-bond donors (Lipinski definition) is 0. The summed E-state index contributed by atoms with van der Waals surface area (Å²) >= 11 is 1.57. The van der Waals surface area contributed by atoms with Crippen molar-refractivity contribution in [2.24, 2.45) is 0 Å². The molecule has 2 aromatic rings. The van der Waals surface area contributed by atoms with Crippen molar-refractivity contribution >= 4 is 11.3 Å². The number of piperazine rings is 1. The molecule has 2 aromatic heterocycles. The summed E-state index contributed by atoms with van der Waals surface area (Å²) in [6.07, 6.45) is 0.932. The van der Waals surface area contributed by atoms with E-state index in [0.717, 1.165) is 44.0 Å². The van der Waals surface area contributed by atoms with Gasteiger partial charge in [0.2, 0.25) is 0 Å². The van der Waals surface area contributed by atoms with Crippen LogP contribution in [-0.2, 0) is 6.54 Å². The van der Waals surface area contributed by atoms with Crippen molar-refractivity contribution in [2.45, 2.75) is 32.9 Å². The molecular weight excluding hydrogens is 312 g/mol. The predicted octanol–water partition coefficient (Wildman–Crippen LogP) is 1.98. The van der Waals surface area contributed by atoms with Gasteiger partial charge in [-0.2, -0.15) is 0 Å². The summed E-state index contributed by atoms with van der Waals surface area (Å²) in [6, 6.07) is 4.54. The van der Waals surface area contributed by atoms with Crippen LogP contribution in [0.4, 0.5) is 0 Å². The minimum absolute atomic E-state index is 0.363. The molecule has 0 aromatic carbocycles. The van der Waals surface area contributed by atoms with E-state index in [9.17, 15) is 4.79 Å². The molecule has 1 saturated heterocycles. The van der Waals surface area contributed by atoms with Crippen molar-refractivity contribution in [1.29, 1.82) is 0 Å². The molecule has 1 aliphatic heterocycles. The van der Waals surface area contributed by atoms with Crippen molar-refractivity contribution in [3.05, 3.63) is 28.1 Å². The van der Waals surface area contributed by atoms with Crippen LogP contribution < -0.4 is 5.76 Å². The highest BCUT2D eigenvalue weighted by Gasteiger charge is 2.19. The van der Waals surface area contributed by atoms with Gasteiger partial charge in [-0.25, -0.2) is 4.79 Å². The molecule has 0 saturated carbocycles. The van der Waals surface area contributed by atoms with Crippen LogP contribution in [0.15, 0.2) is 26.8 Å². The molecular formula is C16H24N4O2S. The third kappa shape index (κ3) is 3.91. The molecule has 1 aliphatic rings. The van der Waals surface area contributed by atoms with Gasteiger partial charge in [-0.3, -0.25) is 14.0 Å². The Balaban J connectivity index is 1.52. The average molecular weight is 336 g/mol. The fourth-order valence-corrected chi connectivity index (χ4v) is 3.72. The second-order valence-electron chi connectivity index (χ2n) is 6.23. The first-order valence-corrected chi connectivity index (χ1v) is 9.10. The highest BCUT2D eigenvalue weighted by molar-refractivity contribution is 7.13. The summed E-state index contributed by atoms with van der Waals surface area (Å²) in [5, 5.41) is 5.90. The lowest BCUT2D eigenvalue weighted by atomic mass is 10.2. The standard InChI is InChI=1S/C16H24N4O2S/c1-13(2)19-10-8-18(9-11-19)6-4-7-20-15(17-22-16(20)21)14-5-3-12-23-14/h3,5,12-13H,4,6-11H2,1-2H3. The van der Waals surface area contributed by atoms with Crippen LogP contribution in [0.2, 0.25) is 0 Å². The van der Waals surface area contributed by atoms with E-state index >= 15 is 0 Å². The lowest BCUT2D eigenvalue weighted by molar-refractivity contribution is 0.107. The topological polar surface area (TPSA) is 54.5 Å². The number of thiophene rings is 1. The second-order valence-corrected chi connectivity index (χ2v) is 7.17. The number of nitrogens with zero attached hydrogens (tertiary/aromatic N) is 4. The van der Waals surface area contributed by atoms with Crippen LogP contribution in [0.1, 0.15) is 20.3 Å². The van der Waals surface area contributed by atoms with Gasteiger partial charge in [-0.15, -0.1) is 11.3 Å². The van der Waals surface area contributed by atoms with Gasteiger partial charge in [0.05, 0.1) is 4.88 Å². The normalized spacial score (nSPS) is 17.2. The summed E-state index contributed by atoms with van der Waals surface area (Å²) in [5.74, 6) is 0.285. The predicted molar refractivity (Wildman–Crippen MR) is 91.8 cm³/mol. The Kier molecular flexibility index (Phi) is 5.30. The third-order valence-corrected chi connectivity index (χ3v) is 5.29. The monoisotopic (exact) mass is 336 g/mol. The number of aromatic nitrogens is 2. The van der Waals surface area contributed by atoms with Crippen LogP contribution in [-0.4, -0.2) is 58.3 Å². The Hall–Kier alpha value is -1.44. The summed E-state index contributed by atoms with van der Waals surface area (Å²) in [4.78, 5) is 17.8. The van der Waals surface area contributed by atoms with Gasteiger partial charge >= 0.3 is 5.76 Å². The molecule has 3 rings (SSSR count). The fourth-order valence-electron chi connectivity index (χ4n) is 3.00. The van der Waals surface area contributed by atoms with Gasteiger partial charge in [-0.05, 0) is 38.3 Å². The van der Waals surface area contributed by atoms with Crippen LogP contribution in [0.5, 0.6) is 0 Å². The van der Waals surface area contributed by atoms with Gasteiger partial charge in [0.25, 0.3) is 0 Å². The molecule has 23 heavy (non-hydrogen) atoms. The second kappa shape index (κ2) is 7.42. The first kappa shape index (κ1) is 16.4. The van der Waals surface area contributed by atoms with Crippen molar-refractivity contribution in [1.82, 2.24) is 19.5 Å². The van der Waals surface area contributed by atoms with Gasteiger partial charge in [0.1, 0.15) is 0 Å². The first-order valence-electron chi connectivity index (χ1n) is 8.22. The molecule has 0 N–H and O–H groups in total. The molecule has 0 amide bonds. The van der Waals surface area contributed by atoms with E-state index in [1.807, 2.05) is 17.5 Å². The van der Waals surface area contributed by atoms with Crippen molar-refractivity contribution in [2.75, 3.05) is 32.7 Å². The van der Waals surface area contributed by atoms with Gasteiger partial charge in [0.15, 0.2) is 5.82 Å². The molecule has 0 bridgehead atoms. The van der Waals surface area contributed by atoms with Crippen LogP contribution in [0.25, 0.3) is 10.7 Å². The Labute approximate surface area is 140 Å². The summed E-state index contributed by atoms with van der Waals surface area (Å²) in [5.41, 5.74) is 0. The Morgan fingerprint density at radius 3 is 2.70 bits per heavy atom. The van der Waals surface area contributed by atoms with Crippen molar-refractivity contribution in [3.8, 4) is 10.7 Å². The van der Waals surface area contributed by atoms with E-state index in [1.165, 1.54) is 0 Å². The zero-order chi connectivity index (χ0) is 16.2. The molecule has 0 spiro atoms. The van der Waals surface area contributed by atoms with E-state index in [0.29, 0.717) is 18.4 Å². The van der Waals surface area contributed by atoms with E-state index in [2.05, 4.69) is 28.8 Å². The maximum Gasteiger partial charge on any atom is 0.441 e. The van der Waals surface area contributed by atoms with E-state index in [-0.39, 0.29) is 5.76 Å². The smallest absolute Gasteiger partial charge is 0.301 e. The highest BCUT2D eigenvalue weighted by atomic mass is 32.1. The third-order valence-electron chi connectivity index (χ3n) is 4.42. The molecule has 6 nitrogen and oxygen atoms in total. The van der Waals surface area contributed by atoms with Crippen LogP contribution >= 0.6 is 11.3 Å². The first-order chi connectivity index (χ1) is 11.1. The molecule has 7 heteroatoms. The zero-order valence-corrected chi connectivity index (χ0v) is 14.6. The molecule has 0 aliphatic carbocycles. The molecule has 0 unspecified atom stereocenters. The Morgan fingerprint density at radius 1 is 1.26 bits per heavy atom. The maximum atomic E-state index is 11.9. The van der Waals surface area contributed by atoms with Crippen molar-refractivity contribution < 1.29 is 4.52 Å². The number of rotatable bonds is 6. The fraction of sp³-hybridized carbons (Fsp3) is 0.625. The average Bonchev–Trinajstić information content (AvgIpc) is 3.18. The van der Waals surface area contributed by atoms with E-state index in [4.69, 9.17) is 4.52 Å². The lowest BCUT2D eigenvalue weighted by Crippen LogP contribution is -2.49. The SMILES string of the molecule is CC(C)N1CCN(CCCn2c(-c3cccs3)noc2=O)CC1. The van der Waals surface area contributed by atoms with Gasteiger partial charge in [-0.1, -0.05) is 11.2 Å².